The lowest BCUT2D eigenvalue weighted by atomic mass is 10.2. The van der Waals surface area contributed by atoms with E-state index < -0.39 is 29.7 Å². The number of carboxylic acids is 2. The van der Waals surface area contributed by atoms with Gasteiger partial charge >= 0.3 is 11.9 Å². The third kappa shape index (κ3) is 3.84. The first-order chi connectivity index (χ1) is 4.95. The predicted molar refractivity (Wildman–Crippen MR) is 38.7 cm³/mol. The molecule has 0 spiro atoms. The van der Waals surface area contributed by atoms with E-state index in [1.807, 2.05) is 0 Å². The van der Waals surface area contributed by atoms with Crippen LogP contribution in [-0.2, 0) is 9.59 Å². The van der Waals surface area contributed by atoms with Crippen molar-refractivity contribution < 1.29 is 24.9 Å². The van der Waals surface area contributed by atoms with Gasteiger partial charge in [-0.05, 0) is 0 Å². The van der Waals surface area contributed by atoms with Crippen LogP contribution in [0, 0.1) is 0 Å². The SMILES string of the molecule is O=C(O)CC(S)C(O)C(=O)O. The van der Waals surface area contributed by atoms with Crippen molar-refractivity contribution in [2.45, 2.75) is 17.8 Å². The van der Waals surface area contributed by atoms with Crippen LogP contribution in [0.15, 0.2) is 0 Å². The minimum absolute atomic E-state index is 0.476. The second-order valence-electron chi connectivity index (χ2n) is 1.95. The van der Waals surface area contributed by atoms with E-state index in [1.165, 1.54) is 0 Å². The van der Waals surface area contributed by atoms with Gasteiger partial charge in [-0.1, -0.05) is 0 Å². The Kier molecular flexibility index (Phi) is 3.91. The first-order valence-corrected chi connectivity index (χ1v) is 3.27. The Bertz CT molecular complexity index is 168. The van der Waals surface area contributed by atoms with Crippen molar-refractivity contribution in [3.63, 3.8) is 0 Å². The molecule has 0 aliphatic carbocycles. The lowest BCUT2D eigenvalue weighted by Gasteiger charge is -2.10. The van der Waals surface area contributed by atoms with E-state index in [2.05, 4.69) is 12.6 Å². The molecule has 0 saturated heterocycles. The summed E-state index contributed by atoms with van der Waals surface area (Å²) in [6, 6.07) is 0. The highest BCUT2D eigenvalue weighted by molar-refractivity contribution is 7.81. The molecule has 0 radical (unpaired) electrons. The van der Waals surface area contributed by atoms with Crippen molar-refractivity contribution in [1.82, 2.24) is 0 Å². The minimum Gasteiger partial charge on any atom is -0.481 e. The molecule has 11 heavy (non-hydrogen) atoms. The van der Waals surface area contributed by atoms with Crippen LogP contribution in [-0.4, -0.2) is 38.6 Å². The molecule has 5 nitrogen and oxygen atoms in total. The van der Waals surface area contributed by atoms with Crippen LogP contribution in [0.1, 0.15) is 6.42 Å². The average Bonchev–Trinajstić information content (AvgIpc) is 1.84. The van der Waals surface area contributed by atoms with Gasteiger partial charge in [-0.25, -0.2) is 4.79 Å². The zero-order valence-electron chi connectivity index (χ0n) is 5.47. The molecule has 0 heterocycles. The lowest BCUT2D eigenvalue weighted by Crippen LogP contribution is -2.31. The molecule has 2 unspecified atom stereocenters. The number of aliphatic carboxylic acids is 2. The van der Waals surface area contributed by atoms with E-state index in [0.29, 0.717) is 0 Å². The molecule has 0 amide bonds. The van der Waals surface area contributed by atoms with Crippen LogP contribution < -0.4 is 0 Å². The summed E-state index contributed by atoms with van der Waals surface area (Å²) >= 11 is 3.59. The Hall–Kier alpha value is -0.750. The molecule has 0 fully saturated rings. The smallest absolute Gasteiger partial charge is 0.333 e. The van der Waals surface area contributed by atoms with E-state index in [1.54, 1.807) is 0 Å². The lowest BCUT2D eigenvalue weighted by molar-refractivity contribution is -0.147. The highest BCUT2D eigenvalue weighted by atomic mass is 32.1. The molecule has 3 N–H and O–H groups in total. The Morgan fingerprint density at radius 1 is 1.36 bits per heavy atom. The molecule has 0 aliphatic rings. The van der Waals surface area contributed by atoms with Crippen molar-refractivity contribution in [3.8, 4) is 0 Å². The molecular formula is C5H8O5S. The molecule has 0 bridgehead atoms. The molecule has 64 valence electrons. The summed E-state index contributed by atoms with van der Waals surface area (Å²) in [5.74, 6) is -2.66. The standard InChI is InChI=1S/C5H8O5S/c6-3(7)1-2(11)4(8)5(9)10/h2,4,8,11H,1H2,(H,6,7)(H,9,10). The van der Waals surface area contributed by atoms with Gasteiger partial charge in [0.25, 0.3) is 0 Å². The monoisotopic (exact) mass is 180 g/mol. The fourth-order valence-electron chi connectivity index (χ4n) is 0.455. The zero-order chi connectivity index (χ0) is 9.02. The van der Waals surface area contributed by atoms with E-state index in [0.717, 1.165) is 0 Å². The molecule has 0 aromatic heterocycles. The summed E-state index contributed by atoms with van der Waals surface area (Å²) in [5.41, 5.74) is 0. The minimum atomic E-state index is -1.73. The zero-order valence-corrected chi connectivity index (χ0v) is 6.36. The number of aliphatic hydroxyl groups excluding tert-OH is 1. The molecule has 0 aliphatic heterocycles. The van der Waals surface area contributed by atoms with Gasteiger partial charge in [0, 0.05) is 5.25 Å². The van der Waals surface area contributed by atoms with Crippen LogP contribution in [0.4, 0.5) is 0 Å². The highest BCUT2D eigenvalue weighted by Crippen LogP contribution is 2.07. The maximum absolute atomic E-state index is 10.0. The van der Waals surface area contributed by atoms with Crippen molar-refractivity contribution in [2.24, 2.45) is 0 Å². The van der Waals surface area contributed by atoms with Crippen LogP contribution >= 0.6 is 12.6 Å². The summed E-state index contributed by atoms with van der Waals surface area (Å²) in [4.78, 5) is 20.0. The first kappa shape index (κ1) is 10.2. The average molecular weight is 180 g/mol. The molecule has 0 saturated carbocycles. The third-order valence-corrected chi connectivity index (χ3v) is 1.47. The summed E-state index contributed by atoms with van der Waals surface area (Å²) < 4.78 is 0. The van der Waals surface area contributed by atoms with Gasteiger partial charge in [0.1, 0.15) is 0 Å². The molecule has 0 aromatic carbocycles. The van der Waals surface area contributed by atoms with Crippen molar-refractivity contribution in [1.29, 1.82) is 0 Å². The Morgan fingerprint density at radius 2 is 1.82 bits per heavy atom. The fourth-order valence-corrected chi connectivity index (χ4v) is 0.739. The number of aliphatic hydroxyl groups is 1. The summed E-state index contributed by atoms with van der Waals surface area (Å²) in [6.45, 7) is 0. The Labute approximate surface area is 68.1 Å². The summed E-state index contributed by atoms with van der Waals surface area (Å²) in [6.07, 6.45) is -2.20. The third-order valence-electron chi connectivity index (χ3n) is 1.00. The molecule has 2 atom stereocenters. The van der Waals surface area contributed by atoms with Gasteiger partial charge in [0.2, 0.25) is 0 Å². The maximum Gasteiger partial charge on any atom is 0.333 e. The van der Waals surface area contributed by atoms with Gasteiger partial charge in [-0.3, -0.25) is 4.79 Å². The first-order valence-electron chi connectivity index (χ1n) is 2.76. The second kappa shape index (κ2) is 4.20. The van der Waals surface area contributed by atoms with Gasteiger partial charge in [0.15, 0.2) is 6.10 Å². The van der Waals surface area contributed by atoms with E-state index >= 15 is 0 Å². The topological polar surface area (TPSA) is 94.8 Å². The Balaban J connectivity index is 3.92. The largest absolute Gasteiger partial charge is 0.481 e. The summed E-state index contributed by atoms with van der Waals surface area (Å²) in [5, 5.41) is 24.0. The Morgan fingerprint density at radius 3 is 2.09 bits per heavy atom. The van der Waals surface area contributed by atoms with Crippen molar-refractivity contribution in [3.05, 3.63) is 0 Å². The van der Waals surface area contributed by atoms with E-state index in [4.69, 9.17) is 15.3 Å². The van der Waals surface area contributed by atoms with Crippen molar-refractivity contribution in [2.75, 3.05) is 0 Å². The normalized spacial score (nSPS) is 15.5. The number of carbonyl (C=O) groups is 2. The number of thiol groups is 1. The molecule has 0 rings (SSSR count). The van der Waals surface area contributed by atoms with Crippen LogP contribution in [0.5, 0.6) is 0 Å². The second-order valence-corrected chi connectivity index (χ2v) is 2.61. The van der Waals surface area contributed by atoms with Crippen LogP contribution in [0.3, 0.4) is 0 Å². The van der Waals surface area contributed by atoms with Gasteiger partial charge in [-0.15, -0.1) is 0 Å². The fraction of sp³-hybridized carbons (Fsp3) is 0.600. The number of carboxylic acid groups (broad SMARTS) is 2. The van der Waals surface area contributed by atoms with Crippen LogP contribution in [0.2, 0.25) is 0 Å². The predicted octanol–water partition coefficient (Wildman–Crippen LogP) is -0.795. The molecule has 0 aromatic rings. The van der Waals surface area contributed by atoms with Gasteiger partial charge in [0.05, 0.1) is 6.42 Å². The number of rotatable bonds is 4. The maximum atomic E-state index is 10.0. The number of hydrogen-bond donors (Lipinski definition) is 4. The highest BCUT2D eigenvalue weighted by Gasteiger charge is 2.24. The van der Waals surface area contributed by atoms with Gasteiger partial charge in [-0.2, -0.15) is 12.6 Å². The molecule has 6 heteroatoms. The van der Waals surface area contributed by atoms with Crippen molar-refractivity contribution >= 4 is 24.6 Å². The molecular weight excluding hydrogens is 172 g/mol. The van der Waals surface area contributed by atoms with E-state index in [-0.39, 0.29) is 0 Å². The van der Waals surface area contributed by atoms with E-state index in [9.17, 15) is 9.59 Å². The number of hydrogen-bond acceptors (Lipinski definition) is 4. The van der Waals surface area contributed by atoms with Crippen LogP contribution in [0.25, 0.3) is 0 Å². The quantitative estimate of drug-likeness (QED) is 0.425. The van der Waals surface area contributed by atoms with Gasteiger partial charge < -0.3 is 15.3 Å². The summed E-state index contributed by atoms with van der Waals surface area (Å²) in [7, 11) is 0.